The van der Waals surface area contributed by atoms with Crippen molar-refractivity contribution < 1.29 is 38.5 Å². The Bertz CT molecular complexity index is 1140. The summed E-state index contributed by atoms with van der Waals surface area (Å²) in [4.78, 5) is 48.2. The molecule has 0 saturated carbocycles. The van der Waals surface area contributed by atoms with Gasteiger partial charge in [-0.2, -0.15) is 0 Å². The van der Waals surface area contributed by atoms with Crippen LogP contribution in [0.2, 0.25) is 0 Å². The molecule has 0 aromatic carbocycles. The van der Waals surface area contributed by atoms with Crippen LogP contribution in [0.25, 0.3) is 0 Å². The molecule has 0 unspecified atom stereocenters. The highest BCUT2D eigenvalue weighted by atomic mass is 16.6. The van der Waals surface area contributed by atoms with Gasteiger partial charge in [0, 0.05) is 25.7 Å². The van der Waals surface area contributed by atoms with Crippen LogP contribution < -0.4 is 0 Å². The topological polar surface area (TPSA) is 116 Å². The maximum Gasteiger partial charge on any atom is 0.306 e. The van der Waals surface area contributed by atoms with Crippen molar-refractivity contribution in [2.75, 3.05) is 13.2 Å². The van der Waals surface area contributed by atoms with Crippen LogP contribution in [0.15, 0.2) is 0 Å². The summed E-state index contributed by atoms with van der Waals surface area (Å²) < 4.78 is 16.8. The van der Waals surface area contributed by atoms with Crippen molar-refractivity contribution in [2.24, 2.45) is 0 Å². The molecule has 1 N–H and O–H groups in total. The molecule has 0 rings (SSSR count). The van der Waals surface area contributed by atoms with E-state index >= 15 is 0 Å². The van der Waals surface area contributed by atoms with E-state index in [0.717, 1.165) is 70.6 Å². The minimum Gasteiger partial charge on any atom is -0.481 e. The fourth-order valence-corrected chi connectivity index (χ4v) is 10.4. The second-order valence-electron chi connectivity index (χ2n) is 23.5. The second-order valence-corrected chi connectivity index (χ2v) is 23.5. The minimum atomic E-state index is -0.759. The average Bonchev–Trinajstić information content (AvgIpc) is 3.42. The van der Waals surface area contributed by atoms with Gasteiger partial charge in [0.15, 0.2) is 6.10 Å². The number of aliphatic carboxylic acids is 1. The molecule has 0 heterocycles. The van der Waals surface area contributed by atoms with Crippen molar-refractivity contribution in [3.8, 4) is 0 Å². The monoisotopic (exact) mass is 1090 g/mol. The summed E-state index contributed by atoms with van der Waals surface area (Å²) in [5.41, 5.74) is 0. The van der Waals surface area contributed by atoms with Crippen molar-refractivity contribution in [3.05, 3.63) is 0 Å². The number of rotatable bonds is 63. The first-order chi connectivity index (χ1) is 37.8. The molecule has 0 amide bonds. The molecule has 0 radical (unpaired) electrons. The van der Waals surface area contributed by atoms with Gasteiger partial charge < -0.3 is 19.3 Å². The number of carbonyl (C=O) groups is 4. The molecule has 8 nitrogen and oxygen atoms in total. The molecule has 8 heteroatoms. The zero-order valence-electron chi connectivity index (χ0n) is 52.3. The summed E-state index contributed by atoms with van der Waals surface area (Å²) in [7, 11) is 0. The van der Waals surface area contributed by atoms with Crippen LogP contribution in [-0.4, -0.2) is 48.3 Å². The van der Waals surface area contributed by atoms with Crippen LogP contribution in [0.5, 0.6) is 0 Å². The van der Waals surface area contributed by atoms with E-state index in [1.165, 1.54) is 276 Å². The first-order valence-corrected chi connectivity index (χ1v) is 34.5. The van der Waals surface area contributed by atoms with Gasteiger partial charge in [-0.05, 0) is 25.7 Å². The van der Waals surface area contributed by atoms with Gasteiger partial charge in [-0.15, -0.1) is 0 Å². The highest BCUT2D eigenvalue weighted by Gasteiger charge is 2.19. The number of carboxylic acids is 1. The number of esters is 3. The largest absolute Gasteiger partial charge is 0.481 e. The van der Waals surface area contributed by atoms with Gasteiger partial charge in [-0.3, -0.25) is 19.2 Å². The lowest BCUT2D eigenvalue weighted by Crippen LogP contribution is -2.30. The first-order valence-electron chi connectivity index (χ1n) is 34.5. The van der Waals surface area contributed by atoms with Crippen molar-refractivity contribution in [1.82, 2.24) is 0 Å². The van der Waals surface area contributed by atoms with E-state index in [1.54, 1.807) is 0 Å². The number of carboxylic acid groups (broad SMARTS) is 1. The summed E-state index contributed by atoms with van der Waals surface area (Å²) in [6, 6.07) is 0. The van der Waals surface area contributed by atoms with Gasteiger partial charge in [0.05, 0.1) is 0 Å². The van der Waals surface area contributed by atoms with Gasteiger partial charge in [0.2, 0.25) is 0 Å². The standard InChI is InChI=1S/C51H98O6.C18H36O2/c1-4-7-10-13-16-19-22-25-28-31-34-37-40-43-49(52)55-46-48(57-51(54)45-42-39-36-33-30-27-24-21-18-15-12-9-6-3)47-56-50(53)44-41-38-35-32-29-26-23-20-17-14-11-8-5-2;1-2-3-4-5-6-7-8-9-10-11-12-13-14-15-16-17-18(19)20/h48H,4-47H2,1-3H3;2-17H2,1H3,(H,19,20). The van der Waals surface area contributed by atoms with Gasteiger partial charge in [-0.1, -0.05) is 349 Å². The third-order valence-corrected chi connectivity index (χ3v) is 15.6. The molecular weight excluding hydrogens is 957 g/mol. The summed E-state index contributed by atoms with van der Waals surface area (Å²) in [5.74, 6) is -1.49. The first kappa shape index (κ1) is 76.9. The normalized spacial score (nSPS) is 11.2. The molecule has 77 heavy (non-hydrogen) atoms. The minimum absolute atomic E-state index is 0.0619. The number of hydrogen-bond donors (Lipinski definition) is 1. The Labute approximate surface area is 479 Å². The molecule has 0 bridgehead atoms. The van der Waals surface area contributed by atoms with E-state index in [0.29, 0.717) is 25.7 Å². The fraction of sp³-hybridized carbons (Fsp3) is 0.942. The van der Waals surface area contributed by atoms with E-state index in [2.05, 4.69) is 27.7 Å². The van der Waals surface area contributed by atoms with Gasteiger partial charge in [0.25, 0.3) is 0 Å². The van der Waals surface area contributed by atoms with Crippen molar-refractivity contribution in [3.63, 3.8) is 0 Å². The molecule has 0 aromatic heterocycles. The van der Waals surface area contributed by atoms with Crippen LogP contribution in [0.3, 0.4) is 0 Å². The second kappa shape index (κ2) is 68.2. The van der Waals surface area contributed by atoms with Crippen LogP contribution in [0.1, 0.15) is 400 Å². The predicted molar refractivity (Wildman–Crippen MR) is 330 cm³/mol. The Kier molecular flexibility index (Phi) is 68.1. The maximum atomic E-state index is 12.8. The predicted octanol–water partition coefficient (Wildman–Crippen LogP) is 22.8. The smallest absolute Gasteiger partial charge is 0.306 e. The van der Waals surface area contributed by atoms with Crippen molar-refractivity contribution in [1.29, 1.82) is 0 Å². The number of ether oxygens (including phenoxy) is 3. The van der Waals surface area contributed by atoms with Crippen LogP contribution in [0, 0.1) is 0 Å². The SMILES string of the molecule is CCCCCCCCCCCCCCCC(=O)OCC(COC(=O)CCCCCCCCCCCCCCC)OC(=O)CCCCCCCCCCCCCCC.CCCCCCCCCCCCCCCCCC(=O)O. The molecule has 458 valence electrons. The molecule has 0 aliphatic heterocycles. The Morgan fingerprint density at radius 1 is 0.247 bits per heavy atom. The third kappa shape index (κ3) is 69.9. The van der Waals surface area contributed by atoms with Crippen LogP contribution in [0.4, 0.5) is 0 Å². The van der Waals surface area contributed by atoms with Gasteiger partial charge >= 0.3 is 23.9 Å². The molecule has 0 aromatic rings. The van der Waals surface area contributed by atoms with E-state index < -0.39 is 12.1 Å². The maximum absolute atomic E-state index is 12.8. The molecule has 0 aliphatic carbocycles. The highest BCUT2D eigenvalue weighted by Crippen LogP contribution is 2.18. The fourth-order valence-electron chi connectivity index (χ4n) is 10.4. The lowest BCUT2D eigenvalue weighted by Gasteiger charge is -2.18. The van der Waals surface area contributed by atoms with Crippen molar-refractivity contribution in [2.45, 2.75) is 406 Å². The highest BCUT2D eigenvalue weighted by molar-refractivity contribution is 5.71. The Morgan fingerprint density at radius 3 is 0.610 bits per heavy atom. The molecule has 0 spiro atoms. The number of hydrogen-bond acceptors (Lipinski definition) is 7. The van der Waals surface area contributed by atoms with E-state index in [-0.39, 0.29) is 31.1 Å². The Hall–Kier alpha value is -2.12. The molecule has 0 saturated heterocycles. The zero-order chi connectivity index (χ0) is 56.4. The number of carbonyl (C=O) groups excluding carboxylic acids is 3. The van der Waals surface area contributed by atoms with Crippen LogP contribution >= 0.6 is 0 Å². The van der Waals surface area contributed by atoms with Crippen molar-refractivity contribution >= 4 is 23.9 Å². The summed E-state index contributed by atoms with van der Waals surface area (Å²) in [6.45, 7) is 8.94. The summed E-state index contributed by atoms with van der Waals surface area (Å²) in [5, 5.41) is 8.52. The van der Waals surface area contributed by atoms with E-state index in [9.17, 15) is 19.2 Å². The van der Waals surface area contributed by atoms with E-state index in [1.807, 2.05) is 0 Å². The Balaban J connectivity index is 0. The van der Waals surface area contributed by atoms with E-state index in [4.69, 9.17) is 19.3 Å². The third-order valence-electron chi connectivity index (χ3n) is 15.6. The molecule has 0 fully saturated rings. The molecule has 0 atom stereocenters. The quantitative estimate of drug-likeness (QED) is 0.0364. The average molecular weight is 1090 g/mol. The van der Waals surface area contributed by atoms with Gasteiger partial charge in [-0.25, -0.2) is 0 Å². The van der Waals surface area contributed by atoms with Crippen LogP contribution in [-0.2, 0) is 33.4 Å². The summed E-state index contributed by atoms with van der Waals surface area (Å²) >= 11 is 0. The zero-order valence-corrected chi connectivity index (χ0v) is 52.3. The lowest BCUT2D eigenvalue weighted by molar-refractivity contribution is -0.167. The number of unbranched alkanes of at least 4 members (excludes halogenated alkanes) is 50. The Morgan fingerprint density at radius 2 is 0.416 bits per heavy atom. The molecular formula is C69H134O8. The van der Waals surface area contributed by atoms with Gasteiger partial charge in [0.1, 0.15) is 13.2 Å². The molecule has 0 aliphatic rings. The summed E-state index contributed by atoms with van der Waals surface area (Å²) in [6.07, 6.45) is 69.5. The lowest BCUT2D eigenvalue weighted by atomic mass is 10.0.